The zero-order chi connectivity index (χ0) is 25.5. The molecule has 0 aliphatic rings. The van der Waals surface area contributed by atoms with Crippen LogP contribution in [0.4, 0.5) is 10.1 Å². The van der Waals surface area contributed by atoms with Crippen LogP contribution in [0.1, 0.15) is 46.1 Å². The highest BCUT2D eigenvalue weighted by Crippen LogP contribution is 2.19. The number of halogens is 1. The van der Waals surface area contributed by atoms with Crippen LogP contribution in [0.15, 0.2) is 54.6 Å². The molecule has 0 radical (unpaired) electrons. The molecule has 2 aromatic carbocycles. The van der Waals surface area contributed by atoms with Crippen LogP contribution in [-0.4, -0.2) is 49.5 Å². The SMILES string of the molecule is CC(C(=O)NC(C)(C)C)N(Cc1ccccc1F)C(=O)CCCN(c1ccccc1)S(C)(=O)=O. The molecule has 1 N–H and O–H groups in total. The number of nitrogens with zero attached hydrogens (tertiary/aromatic N) is 2. The molecule has 0 spiro atoms. The van der Waals surface area contributed by atoms with Crippen molar-refractivity contribution in [2.75, 3.05) is 17.1 Å². The van der Waals surface area contributed by atoms with Crippen LogP contribution in [0, 0.1) is 5.82 Å². The van der Waals surface area contributed by atoms with E-state index < -0.39 is 27.4 Å². The molecule has 34 heavy (non-hydrogen) atoms. The van der Waals surface area contributed by atoms with E-state index in [1.54, 1.807) is 55.5 Å². The van der Waals surface area contributed by atoms with E-state index in [2.05, 4.69) is 5.32 Å². The van der Waals surface area contributed by atoms with Gasteiger partial charge in [0.1, 0.15) is 11.9 Å². The maximum absolute atomic E-state index is 14.3. The molecule has 0 fully saturated rings. The summed E-state index contributed by atoms with van der Waals surface area (Å²) < 4.78 is 40.1. The van der Waals surface area contributed by atoms with E-state index in [1.807, 2.05) is 20.8 Å². The molecular formula is C25H34FN3O4S. The molecule has 2 aromatic rings. The molecule has 1 atom stereocenters. The Morgan fingerprint density at radius 2 is 1.62 bits per heavy atom. The number of sulfonamides is 1. The highest BCUT2D eigenvalue weighted by molar-refractivity contribution is 7.92. The number of carbonyl (C=O) groups excluding carboxylic acids is 2. The summed E-state index contributed by atoms with van der Waals surface area (Å²) in [5, 5.41) is 2.86. The third-order valence-corrected chi connectivity index (χ3v) is 6.35. The summed E-state index contributed by atoms with van der Waals surface area (Å²) in [5.74, 6) is -1.17. The van der Waals surface area contributed by atoms with Crippen LogP contribution in [-0.2, 0) is 26.2 Å². The summed E-state index contributed by atoms with van der Waals surface area (Å²) in [5.41, 5.74) is 0.316. The summed E-state index contributed by atoms with van der Waals surface area (Å²) >= 11 is 0. The predicted octanol–water partition coefficient (Wildman–Crippen LogP) is 3.70. The van der Waals surface area contributed by atoms with E-state index in [-0.39, 0.29) is 37.7 Å². The van der Waals surface area contributed by atoms with E-state index in [1.165, 1.54) is 15.3 Å². The number of amides is 2. The molecule has 0 saturated carbocycles. The lowest BCUT2D eigenvalue weighted by Gasteiger charge is -2.32. The highest BCUT2D eigenvalue weighted by Gasteiger charge is 2.29. The Bertz CT molecular complexity index is 1080. The van der Waals surface area contributed by atoms with Gasteiger partial charge in [-0.05, 0) is 52.3 Å². The van der Waals surface area contributed by atoms with E-state index in [4.69, 9.17) is 0 Å². The Balaban J connectivity index is 2.18. The van der Waals surface area contributed by atoms with Gasteiger partial charge in [0, 0.05) is 30.6 Å². The van der Waals surface area contributed by atoms with Crippen LogP contribution in [0.2, 0.25) is 0 Å². The normalized spacial score (nSPS) is 12.6. The number of rotatable bonds is 10. The lowest BCUT2D eigenvalue weighted by Crippen LogP contribution is -2.52. The van der Waals surface area contributed by atoms with Crippen LogP contribution in [0.25, 0.3) is 0 Å². The minimum atomic E-state index is -3.55. The Morgan fingerprint density at radius 1 is 1.03 bits per heavy atom. The Labute approximate surface area is 202 Å². The lowest BCUT2D eigenvalue weighted by atomic mass is 10.1. The first-order valence-corrected chi connectivity index (χ1v) is 13.0. The van der Waals surface area contributed by atoms with Gasteiger partial charge in [-0.15, -0.1) is 0 Å². The van der Waals surface area contributed by atoms with E-state index in [0.29, 0.717) is 11.3 Å². The van der Waals surface area contributed by atoms with Crippen LogP contribution in [0.3, 0.4) is 0 Å². The summed E-state index contributed by atoms with van der Waals surface area (Å²) in [6.45, 7) is 7.15. The number of benzene rings is 2. The van der Waals surface area contributed by atoms with E-state index in [9.17, 15) is 22.4 Å². The first kappa shape index (κ1) is 27.3. The Hall–Kier alpha value is -2.94. The third kappa shape index (κ3) is 8.13. The molecule has 0 aromatic heterocycles. The molecule has 186 valence electrons. The van der Waals surface area contributed by atoms with Crippen molar-refractivity contribution in [3.8, 4) is 0 Å². The first-order valence-electron chi connectivity index (χ1n) is 11.2. The van der Waals surface area contributed by atoms with E-state index in [0.717, 1.165) is 6.26 Å². The average molecular weight is 492 g/mol. The second-order valence-corrected chi connectivity index (χ2v) is 11.2. The van der Waals surface area contributed by atoms with Gasteiger partial charge in [0.2, 0.25) is 21.8 Å². The maximum Gasteiger partial charge on any atom is 0.242 e. The molecule has 7 nitrogen and oxygen atoms in total. The highest BCUT2D eigenvalue weighted by atomic mass is 32.2. The molecule has 0 aliphatic heterocycles. The Kier molecular flexibility index (Phi) is 9.21. The van der Waals surface area contributed by atoms with Gasteiger partial charge in [0.25, 0.3) is 0 Å². The second kappa shape index (κ2) is 11.5. The van der Waals surface area contributed by atoms with Crippen molar-refractivity contribution >= 4 is 27.5 Å². The van der Waals surface area contributed by atoms with Gasteiger partial charge in [-0.1, -0.05) is 36.4 Å². The average Bonchev–Trinajstić information content (AvgIpc) is 2.74. The van der Waals surface area contributed by atoms with Gasteiger partial charge >= 0.3 is 0 Å². The number of hydrogen-bond acceptors (Lipinski definition) is 4. The van der Waals surface area contributed by atoms with Gasteiger partial charge < -0.3 is 10.2 Å². The van der Waals surface area contributed by atoms with Gasteiger partial charge in [0.05, 0.1) is 11.9 Å². The summed E-state index contributed by atoms with van der Waals surface area (Å²) in [6.07, 6.45) is 1.35. The second-order valence-electron chi connectivity index (χ2n) is 9.30. The van der Waals surface area contributed by atoms with Crippen LogP contribution >= 0.6 is 0 Å². The number of nitrogens with one attached hydrogen (secondary N) is 1. The summed E-state index contributed by atoms with van der Waals surface area (Å²) in [4.78, 5) is 27.3. The smallest absolute Gasteiger partial charge is 0.242 e. The molecule has 0 aliphatic carbocycles. The molecular weight excluding hydrogens is 457 g/mol. The fraction of sp³-hybridized carbons (Fsp3) is 0.440. The fourth-order valence-electron chi connectivity index (χ4n) is 3.46. The minimum Gasteiger partial charge on any atom is -0.350 e. The summed E-state index contributed by atoms with van der Waals surface area (Å²) in [6, 6.07) is 13.9. The van der Waals surface area contributed by atoms with Crippen molar-refractivity contribution in [1.82, 2.24) is 10.2 Å². The third-order valence-electron chi connectivity index (χ3n) is 5.16. The van der Waals surface area contributed by atoms with Crippen LogP contribution < -0.4 is 9.62 Å². The maximum atomic E-state index is 14.3. The zero-order valence-corrected chi connectivity index (χ0v) is 21.2. The van der Waals surface area contributed by atoms with Crippen molar-refractivity contribution in [2.45, 2.75) is 58.7 Å². The van der Waals surface area contributed by atoms with Crippen molar-refractivity contribution in [3.05, 3.63) is 66.0 Å². The number of para-hydroxylation sites is 1. The Morgan fingerprint density at radius 3 is 2.18 bits per heavy atom. The predicted molar refractivity (Wildman–Crippen MR) is 132 cm³/mol. The van der Waals surface area contributed by atoms with Crippen molar-refractivity contribution in [2.24, 2.45) is 0 Å². The number of carbonyl (C=O) groups is 2. The van der Waals surface area contributed by atoms with E-state index >= 15 is 0 Å². The fourth-order valence-corrected chi connectivity index (χ4v) is 4.43. The van der Waals surface area contributed by atoms with Gasteiger partial charge in [-0.2, -0.15) is 0 Å². The number of hydrogen-bond donors (Lipinski definition) is 1. The number of anilines is 1. The van der Waals surface area contributed by atoms with Crippen molar-refractivity contribution < 1.29 is 22.4 Å². The van der Waals surface area contributed by atoms with Gasteiger partial charge in [-0.3, -0.25) is 13.9 Å². The lowest BCUT2D eigenvalue weighted by molar-refractivity contribution is -0.141. The minimum absolute atomic E-state index is 0.000441. The topological polar surface area (TPSA) is 86.8 Å². The first-order chi connectivity index (χ1) is 15.8. The molecule has 0 saturated heterocycles. The monoisotopic (exact) mass is 491 g/mol. The van der Waals surface area contributed by atoms with Crippen molar-refractivity contribution in [3.63, 3.8) is 0 Å². The quantitative estimate of drug-likeness (QED) is 0.549. The van der Waals surface area contributed by atoms with Crippen LogP contribution in [0.5, 0.6) is 0 Å². The molecule has 9 heteroatoms. The summed E-state index contributed by atoms with van der Waals surface area (Å²) in [7, 11) is -3.55. The van der Waals surface area contributed by atoms with Gasteiger partial charge in [-0.25, -0.2) is 12.8 Å². The molecule has 2 amide bonds. The molecule has 2 rings (SSSR count). The van der Waals surface area contributed by atoms with Crippen molar-refractivity contribution in [1.29, 1.82) is 0 Å². The molecule has 1 unspecified atom stereocenters. The molecule has 0 heterocycles. The molecule has 0 bridgehead atoms. The van der Waals surface area contributed by atoms with Gasteiger partial charge in [0.15, 0.2) is 0 Å². The zero-order valence-electron chi connectivity index (χ0n) is 20.4. The largest absolute Gasteiger partial charge is 0.350 e. The standard InChI is InChI=1S/C25H34FN3O4S/c1-19(24(31)27-25(2,3)4)28(18-20-12-9-10-15-22(20)26)23(30)16-11-17-29(34(5,32)33)21-13-7-6-8-14-21/h6-10,12-15,19H,11,16-18H2,1-5H3,(H,27,31).